The molecule has 72 valence electrons. The maximum Gasteiger partial charge on any atom is 0.321 e. The molecule has 0 aromatic heterocycles. The number of carboxylic acids is 1. The van der Waals surface area contributed by atoms with Crippen LogP contribution in [0.3, 0.4) is 0 Å². The van der Waals surface area contributed by atoms with Gasteiger partial charge in [0.1, 0.15) is 6.04 Å². The quantitative estimate of drug-likeness (QED) is 0.613. The third-order valence-corrected chi connectivity index (χ3v) is 3.71. The van der Waals surface area contributed by atoms with Crippen molar-refractivity contribution in [3.8, 4) is 0 Å². The van der Waals surface area contributed by atoms with Crippen LogP contribution in [0.25, 0.3) is 0 Å². The van der Waals surface area contributed by atoms with Crippen molar-refractivity contribution in [2.24, 2.45) is 5.73 Å². The van der Waals surface area contributed by atoms with E-state index in [1.807, 2.05) is 0 Å². The van der Waals surface area contributed by atoms with Gasteiger partial charge in [-0.2, -0.15) is 0 Å². The number of rotatable bonds is 4. The highest BCUT2D eigenvalue weighted by Crippen LogP contribution is 2.01. The van der Waals surface area contributed by atoms with Gasteiger partial charge < -0.3 is 10.8 Å². The largest absolute Gasteiger partial charge is 0.480 e. The van der Waals surface area contributed by atoms with E-state index < -0.39 is 32.9 Å². The van der Waals surface area contributed by atoms with Crippen LogP contribution in [-0.4, -0.2) is 36.5 Å². The van der Waals surface area contributed by atoms with E-state index >= 15 is 0 Å². The molecule has 0 aromatic carbocycles. The number of hydrogen-bond acceptors (Lipinski definition) is 4. The topological polar surface area (TPSA) is 97.5 Å². The van der Waals surface area contributed by atoms with Crippen molar-refractivity contribution in [1.82, 2.24) is 0 Å². The Morgan fingerprint density at radius 3 is 2.17 bits per heavy atom. The van der Waals surface area contributed by atoms with Gasteiger partial charge in [-0.1, -0.05) is 0 Å². The zero-order chi connectivity index (χ0) is 9.94. The van der Waals surface area contributed by atoms with E-state index in [-0.39, 0.29) is 0 Å². The lowest BCUT2D eigenvalue weighted by Gasteiger charge is -2.09. The molecule has 0 aliphatic heterocycles. The summed E-state index contributed by atoms with van der Waals surface area (Å²) in [5.74, 6) is -1.79. The second kappa shape index (κ2) is 3.86. The highest BCUT2D eigenvalue weighted by Gasteiger charge is 2.23. The van der Waals surface area contributed by atoms with Crippen LogP contribution in [0.2, 0.25) is 0 Å². The van der Waals surface area contributed by atoms with Crippen molar-refractivity contribution in [2.75, 3.05) is 5.75 Å². The summed E-state index contributed by atoms with van der Waals surface area (Å²) >= 11 is 0. The summed E-state index contributed by atoms with van der Waals surface area (Å²) < 4.78 is 22.2. The number of aliphatic carboxylic acids is 1. The molecule has 6 heteroatoms. The van der Waals surface area contributed by atoms with E-state index in [4.69, 9.17) is 10.8 Å². The zero-order valence-corrected chi connectivity index (χ0v) is 7.84. The van der Waals surface area contributed by atoms with E-state index in [1.54, 1.807) is 0 Å². The third-order valence-electron chi connectivity index (χ3n) is 1.45. The fourth-order valence-electron chi connectivity index (χ4n) is 0.514. The summed E-state index contributed by atoms with van der Waals surface area (Å²) in [5.41, 5.74) is 5.06. The van der Waals surface area contributed by atoms with Crippen molar-refractivity contribution < 1.29 is 18.3 Å². The molecule has 0 saturated carbocycles. The molecule has 0 amide bonds. The minimum atomic E-state index is -3.35. The molecule has 0 spiro atoms. The molecule has 0 aliphatic carbocycles. The Balaban J connectivity index is 4.37. The number of carboxylic acid groups (broad SMARTS) is 1. The van der Waals surface area contributed by atoms with Gasteiger partial charge in [0.2, 0.25) is 0 Å². The van der Waals surface area contributed by atoms with Gasteiger partial charge in [0, 0.05) is 0 Å². The molecule has 1 atom stereocenters. The van der Waals surface area contributed by atoms with Crippen LogP contribution in [0.4, 0.5) is 0 Å². The van der Waals surface area contributed by atoms with E-state index in [0.717, 1.165) is 0 Å². The molecule has 5 nitrogen and oxygen atoms in total. The molecule has 0 aromatic rings. The molecule has 12 heavy (non-hydrogen) atoms. The molecule has 0 heterocycles. The maximum atomic E-state index is 11.1. The molecular formula is C6H13NO4S. The van der Waals surface area contributed by atoms with Crippen LogP contribution in [-0.2, 0) is 14.6 Å². The summed E-state index contributed by atoms with van der Waals surface area (Å²) in [7, 11) is -3.35. The minimum Gasteiger partial charge on any atom is -0.480 e. The molecule has 0 aliphatic rings. The van der Waals surface area contributed by atoms with Gasteiger partial charge in [-0.25, -0.2) is 8.42 Å². The summed E-state index contributed by atoms with van der Waals surface area (Å²) in [6.45, 7) is 2.98. The predicted octanol–water partition coefficient (Wildman–Crippen LogP) is -0.778. The van der Waals surface area contributed by atoms with E-state index in [1.165, 1.54) is 13.8 Å². The Kier molecular flexibility index (Phi) is 3.66. The van der Waals surface area contributed by atoms with Crippen LogP contribution >= 0.6 is 0 Å². The first-order chi connectivity index (χ1) is 5.27. The van der Waals surface area contributed by atoms with Gasteiger partial charge in [0.05, 0.1) is 11.0 Å². The Bertz CT molecular complexity index is 257. The van der Waals surface area contributed by atoms with Crippen molar-refractivity contribution in [3.63, 3.8) is 0 Å². The van der Waals surface area contributed by atoms with E-state index in [2.05, 4.69) is 0 Å². The first-order valence-electron chi connectivity index (χ1n) is 3.47. The number of nitrogens with two attached hydrogens (primary N) is 1. The Morgan fingerprint density at radius 1 is 1.50 bits per heavy atom. The Labute approximate surface area is 71.5 Å². The van der Waals surface area contributed by atoms with Gasteiger partial charge in [0.15, 0.2) is 9.84 Å². The predicted molar refractivity (Wildman–Crippen MR) is 44.5 cm³/mol. The van der Waals surface area contributed by atoms with Crippen molar-refractivity contribution in [1.29, 1.82) is 0 Å². The molecule has 3 N–H and O–H groups in total. The van der Waals surface area contributed by atoms with Gasteiger partial charge in [-0.05, 0) is 13.8 Å². The summed E-state index contributed by atoms with van der Waals surface area (Å²) in [4.78, 5) is 10.2. The fraction of sp³-hybridized carbons (Fsp3) is 0.833. The lowest BCUT2D eigenvalue weighted by Crippen LogP contribution is -2.39. The monoisotopic (exact) mass is 195 g/mol. The minimum absolute atomic E-state index is 0.500. The molecule has 0 rings (SSSR count). The van der Waals surface area contributed by atoms with Crippen LogP contribution in [0.5, 0.6) is 0 Å². The van der Waals surface area contributed by atoms with Crippen molar-refractivity contribution in [2.45, 2.75) is 25.1 Å². The number of carbonyl (C=O) groups is 1. The SMILES string of the molecule is CC(C)S(=O)(=O)CC(N)C(=O)O. The highest BCUT2D eigenvalue weighted by atomic mass is 32.2. The standard InChI is InChI=1S/C6H13NO4S/c1-4(2)12(10,11)3-5(7)6(8)9/h4-5H,3,7H2,1-2H3,(H,8,9). The van der Waals surface area contributed by atoms with E-state index in [0.29, 0.717) is 0 Å². The van der Waals surface area contributed by atoms with Crippen LogP contribution in [0.15, 0.2) is 0 Å². The molecule has 0 fully saturated rings. The second-order valence-corrected chi connectivity index (χ2v) is 5.42. The van der Waals surface area contributed by atoms with Crippen molar-refractivity contribution in [3.05, 3.63) is 0 Å². The first kappa shape index (κ1) is 11.4. The van der Waals surface area contributed by atoms with Gasteiger partial charge in [-0.3, -0.25) is 4.79 Å². The van der Waals surface area contributed by atoms with Crippen molar-refractivity contribution >= 4 is 15.8 Å². The molecule has 0 saturated heterocycles. The molecular weight excluding hydrogens is 182 g/mol. The molecule has 1 unspecified atom stereocenters. The smallest absolute Gasteiger partial charge is 0.321 e. The van der Waals surface area contributed by atoms with Crippen LogP contribution < -0.4 is 5.73 Å². The molecule has 0 radical (unpaired) electrons. The Morgan fingerprint density at radius 2 is 1.92 bits per heavy atom. The second-order valence-electron chi connectivity index (χ2n) is 2.82. The van der Waals surface area contributed by atoms with Gasteiger partial charge >= 0.3 is 5.97 Å². The summed E-state index contributed by atoms with van der Waals surface area (Å²) in [6, 6.07) is -1.32. The maximum absolute atomic E-state index is 11.1. The average molecular weight is 195 g/mol. The van der Waals surface area contributed by atoms with Crippen LogP contribution in [0, 0.1) is 0 Å². The number of hydrogen-bond donors (Lipinski definition) is 2. The number of sulfone groups is 1. The Hall–Kier alpha value is -0.620. The first-order valence-corrected chi connectivity index (χ1v) is 5.19. The highest BCUT2D eigenvalue weighted by molar-refractivity contribution is 7.92. The lowest BCUT2D eigenvalue weighted by atomic mass is 10.4. The zero-order valence-electron chi connectivity index (χ0n) is 7.02. The summed E-state index contributed by atoms with van der Waals surface area (Å²) in [6.07, 6.45) is 0. The fourth-order valence-corrected chi connectivity index (χ4v) is 1.54. The lowest BCUT2D eigenvalue weighted by molar-refractivity contribution is -0.137. The third kappa shape index (κ3) is 3.19. The van der Waals surface area contributed by atoms with E-state index in [9.17, 15) is 13.2 Å². The van der Waals surface area contributed by atoms with Gasteiger partial charge in [-0.15, -0.1) is 0 Å². The molecule has 0 bridgehead atoms. The summed E-state index contributed by atoms with van der Waals surface area (Å²) in [5, 5.41) is 7.76. The normalized spacial score (nSPS) is 14.7. The van der Waals surface area contributed by atoms with Crippen LogP contribution in [0.1, 0.15) is 13.8 Å². The van der Waals surface area contributed by atoms with Gasteiger partial charge in [0.25, 0.3) is 0 Å². The average Bonchev–Trinajstić information content (AvgIpc) is 1.85.